The topological polar surface area (TPSA) is 85.8 Å². The smallest absolute Gasteiger partial charge is 0.264 e. The Labute approximate surface area is 211 Å². The number of methoxy groups -OCH3 is 1. The Morgan fingerprint density at radius 2 is 1.94 bits per heavy atom. The molecule has 5 aromatic rings. The van der Waals surface area contributed by atoms with Gasteiger partial charge in [0.1, 0.15) is 18.0 Å². The molecular weight excluding hydrogens is 474 g/mol. The van der Waals surface area contributed by atoms with E-state index in [1.165, 1.54) is 0 Å². The van der Waals surface area contributed by atoms with Gasteiger partial charge < -0.3 is 13.7 Å². The van der Waals surface area contributed by atoms with E-state index in [9.17, 15) is 4.79 Å². The molecule has 0 N–H and O–H groups in total. The van der Waals surface area contributed by atoms with Gasteiger partial charge in [0.2, 0.25) is 5.89 Å². The number of amides is 1. The molecule has 1 unspecified atom stereocenters. The number of para-hydroxylation sites is 1. The molecule has 0 aliphatic carbocycles. The van der Waals surface area contributed by atoms with Crippen molar-refractivity contribution in [3.05, 3.63) is 88.4 Å². The van der Waals surface area contributed by atoms with Crippen molar-refractivity contribution in [1.82, 2.24) is 19.8 Å². The SMILES string of the molecule is COc1ccc(C2CC(c3cccs3)=NN2C(=O)Cn2c(-c3nnc(C)o3)cc3ccccc32)cc1. The summed E-state index contributed by atoms with van der Waals surface area (Å²) in [5, 5.41) is 17.6. The first-order chi connectivity index (χ1) is 17.6. The van der Waals surface area contributed by atoms with Crippen LogP contribution in [0.2, 0.25) is 0 Å². The summed E-state index contributed by atoms with van der Waals surface area (Å²) in [6.07, 6.45) is 0.640. The Morgan fingerprint density at radius 1 is 1.11 bits per heavy atom. The number of carbonyl (C=O) groups is 1. The lowest BCUT2D eigenvalue weighted by Gasteiger charge is -2.23. The van der Waals surface area contributed by atoms with Crippen molar-refractivity contribution in [2.75, 3.05) is 7.11 Å². The van der Waals surface area contributed by atoms with Crippen molar-refractivity contribution in [2.24, 2.45) is 5.10 Å². The largest absolute Gasteiger partial charge is 0.497 e. The van der Waals surface area contributed by atoms with Crippen molar-refractivity contribution in [3.63, 3.8) is 0 Å². The van der Waals surface area contributed by atoms with Crippen LogP contribution in [0.5, 0.6) is 5.75 Å². The van der Waals surface area contributed by atoms with Crippen LogP contribution in [-0.4, -0.2) is 38.5 Å². The molecule has 0 saturated carbocycles. The normalized spacial score (nSPS) is 15.4. The Balaban J connectivity index is 1.39. The van der Waals surface area contributed by atoms with Gasteiger partial charge in [-0.05, 0) is 41.3 Å². The molecule has 0 spiro atoms. The number of nitrogens with zero attached hydrogens (tertiary/aromatic N) is 5. The zero-order valence-corrected chi connectivity index (χ0v) is 20.6. The fourth-order valence-corrected chi connectivity index (χ4v) is 5.30. The van der Waals surface area contributed by atoms with Gasteiger partial charge in [-0.3, -0.25) is 4.79 Å². The molecule has 6 rings (SSSR count). The number of aryl methyl sites for hydroxylation is 1. The number of benzene rings is 2. The van der Waals surface area contributed by atoms with E-state index < -0.39 is 0 Å². The van der Waals surface area contributed by atoms with Crippen LogP contribution < -0.4 is 4.74 Å². The maximum atomic E-state index is 13.9. The van der Waals surface area contributed by atoms with E-state index in [2.05, 4.69) is 10.2 Å². The predicted octanol–water partition coefficient (Wildman–Crippen LogP) is 5.45. The number of hydrogen-bond acceptors (Lipinski definition) is 7. The molecular formula is C27H23N5O3S. The van der Waals surface area contributed by atoms with Crippen LogP contribution in [0, 0.1) is 6.92 Å². The molecule has 4 heterocycles. The molecule has 180 valence electrons. The summed E-state index contributed by atoms with van der Waals surface area (Å²) in [6.45, 7) is 1.83. The van der Waals surface area contributed by atoms with Crippen LogP contribution in [0.3, 0.4) is 0 Å². The Bertz CT molecular complexity index is 1570. The maximum Gasteiger partial charge on any atom is 0.264 e. The highest BCUT2D eigenvalue weighted by Crippen LogP contribution is 2.35. The minimum absolute atomic E-state index is 0.0815. The fourth-order valence-electron chi connectivity index (χ4n) is 4.58. The third kappa shape index (κ3) is 3.97. The summed E-state index contributed by atoms with van der Waals surface area (Å²) in [6, 6.07) is 21.5. The minimum Gasteiger partial charge on any atom is -0.497 e. The van der Waals surface area contributed by atoms with E-state index in [0.29, 0.717) is 23.9 Å². The van der Waals surface area contributed by atoms with E-state index in [4.69, 9.17) is 14.3 Å². The minimum atomic E-state index is -0.212. The number of fused-ring (bicyclic) bond motifs is 1. The van der Waals surface area contributed by atoms with Crippen molar-refractivity contribution < 1.29 is 13.9 Å². The van der Waals surface area contributed by atoms with Crippen LogP contribution >= 0.6 is 11.3 Å². The number of hydrazone groups is 1. The Kier molecular flexibility index (Phi) is 5.61. The van der Waals surface area contributed by atoms with Gasteiger partial charge in [0.05, 0.1) is 23.7 Å². The monoisotopic (exact) mass is 497 g/mol. The van der Waals surface area contributed by atoms with E-state index in [0.717, 1.165) is 32.8 Å². The van der Waals surface area contributed by atoms with Gasteiger partial charge in [-0.1, -0.05) is 36.4 Å². The zero-order valence-electron chi connectivity index (χ0n) is 19.8. The van der Waals surface area contributed by atoms with Gasteiger partial charge in [0.25, 0.3) is 11.8 Å². The first-order valence-corrected chi connectivity index (χ1v) is 12.4. The highest BCUT2D eigenvalue weighted by Gasteiger charge is 2.34. The van der Waals surface area contributed by atoms with Crippen LogP contribution in [-0.2, 0) is 11.3 Å². The van der Waals surface area contributed by atoms with E-state index in [-0.39, 0.29) is 18.5 Å². The highest BCUT2D eigenvalue weighted by atomic mass is 32.1. The first-order valence-electron chi connectivity index (χ1n) is 11.6. The van der Waals surface area contributed by atoms with Gasteiger partial charge in [-0.15, -0.1) is 21.5 Å². The molecule has 0 bridgehead atoms. The number of rotatable bonds is 6. The van der Waals surface area contributed by atoms with Gasteiger partial charge in [0.15, 0.2) is 0 Å². The van der Waals surface area contributed by atoms with E-state index in [1.807, 2.05) is 76.7 Å². The predicted molar refractivity (Wildman–Crippen MR) is 138 cm³/mol. The summed E-state index contributed by atoms with van der Waals surface area (Å²) in [5.41, 5.74) is 3.53. The number of hydrogen-bond donors (Lipinski definition) is 0. The fraction of sp³-hybridized carbons (Fsp3) is 0.185. The van der Waals surface area contributed by atoms with Gasteiger partial charge >= 0.3 is 0 Å². The van der Waals surface area contributed by atoms with Crippen molar-refractivity contribution in [2.45, 2.75) is 25.9 Å². The lowest BCUT2D eigenvalue weighted by Crippen LogP contribution is -2.30. The zero-order chi connectivity index (χ0) is 24.6. The van der Waals surface area contributed by atoms with Crippen LogP contribution in [0.25, 0.3) is 22.5 Å². The average Bonchev–Trinajstić information content (AvgIpc) is 3.70. The third-order valence-corrected chi connectivity index (χ3v) is 7.24. The van der Waals surface area contributed by atoms with Crippen molar-refractivity contribution >= 4 is 33.9 Å². The van der Waals surface area contributed by atoms with Crippen molar-refractivity contribution in [1.29, 1.82) is 0 Å². The lowest BCUT2D eigenvalue weighted by atomic mass is 10.0. The number of thiophene rings is 1. The number of ether oxygens (including phenoxy) is 1. The Morgan fingerprint density at radius 3 is 2.67 bits per heavy atom. The molecule has 9 heteroatoms. The van der Waals surface area contributed by atoms with Gasteiger partial charge in [-0.25, -0.2) is 5.01 Å². The molecule has 1 aliphatic heterocycles. The second kappa shape index (κ2) is 9.09. The molecule has 0 saturated heterocycles. The quantitative estimate of drug-likeness (QED) is 0.312. The molecule has 2 aromatic carbocycles. The van der Waals surface area contributed by atoms with E-state index in [1.54, 1.807) is 30.4 Å². The molecule has 36 heavy (non-hydrogen) atoms. The maximum absolute atomic E-state index is 13.9. The number of aromatic nitrogens is 3. The molecule has 0 fully saturated rings. The lowest BCUT2D eigenvalue weighted by molar-refractivity contribution is -0.133. The Hall–Kier alpha value is -4.24. The second-order valence-corrected chi connectivity index (χ2v) is 9.50. The molecule has 0 radical (unpaired) electrons. The van der Waals surface area contributed by atoms with Gasteiger partial charge in [-0.2, -0.15) is 5.10 Å². The van der Waals surface area contributed by atoms with Crippen molar-refractivity contribution in [3.8, 4) is 17.3 Å². The second-order valence-electron chi connectivity index (χ2n) is 8.56. The van der Waals surface area contributed by atoms with Crippen LogP contribution in [0.15, 0.2) is 81.6 Å². The molecule has 8 nitrogen and oxygen atoms in total. The summed E-state index contributed by atoms with van der Waals surface area (Å²) < 4.78 is 13.0. The standard InChI is InChI=1S/C27H23N5O3S/c1-17-28-29-27(35-17)24-14-19-6-3-4-7-22(19)31(24)16-26(33)32-23(18-9-11-20(34-2)12-10-18)15-21(30-32)25-8-5-13-36-25/h3-14,23H,15-16H2,1-2H3. The first kappa shape index (κ1) is 22.2. The van der Waals surface area contributed by atoms with Crippen LogP contribution in [0.4, 0.5) is 0 Å². The third-order valence-electron chi connectivity index (χ3n) is 6.32. The summed E-state index contributed by atoms with van der Waals surface area (Å²) in [5.74, 6) is 1.50. The highest BCUT2D eigenvalue weighted by molar-refractivity contribution is 7.12. The number of carbonyl (C=O) groups excluding carboxylic acids is 1. The van der Waals surface area contributed by atoms with Crippen LogP contribution in [0.1, 0.15) is 28.8 Å². The summed E-state index contributed by atoms with van der Waals surface area (Å²) >= 11 is 1.62. The molecule has 1 aliphatic rings. The summed E-state index contributed by atoms with van der Waals surface area (Å²) in [4.78, 5) is 14.9. The molecule has 1 amide bonds. The summed E-state index contributed by atoms with van der Waals surface area (Å²) in [7, 11) is 1.64. The van der Waals surface area contributed by atoms with Gasteiger partial charge in [0, 0.05) is 24.2 Å². The molecule has 1 atom stereocenters. The van der Waals surface area contributed by atoms with E-state index >= 15 is 0 Å². The molecule has 3 aromatic heterocycles. The average molecular weight is 498 g/mol.